The van der Waals surface area contributed by atoms with E-state index in [0.717, 1.165) is 17.8 Å². The number of hydrogen-bond acceptors (Lipinski definition) is 7. The van der Waals surface area contributed by atoms with Crippen LogP contribution in [0.3, 0.4) is 0 Å². The van der Waals surface area contributed by atoms with E-state index in [1.54, 1.807) is 36.4 Å². The van der Waals surface area contributed by atoms with Crippen molar-refractivity contribution in [1.82, 2.24) is 4.98 Å². The zero-order valence-corrected chi connectivity index (χ0v) is 18.8. The molecule has 1 saturated heterocycles. The Balaban J connectivity index is 1.62. The number of amides is 1. The van der Waals surface area contributed by atoms with Crippen LogP contribution in [0.2, 0.25) is 0 Å². The average molecular weight is 479 g/mol. The maximum atomic E-state index is 13.7. The number of rotatable bonds is 6. The van der Waals surface area contributed by atoms with Crippen LogP contribution in [0.1, 0.15) is 30.7 Å². The SMILES string of the molecule is CCCOc1ccc(C(O)=C2C(=O)C(=O)N(c3nc4ccc(F)cc4s3)C2c2ccco2)cc1. The van der Waals surface area contributed by atoms with E-state index < -0.39 is 23.5 Å². The topological polar surface area (TPSA) is 92.9 Å². The Hall–Kier alpha value is -3.98. The van der Waals surface area contributed by atoms with Crippen LogP contribution in [0.4, 0.5) is 9.52 Å². The molecule has 2 aromatic heterocycles. The summed E-state index contributed by atoms with van der Waals surface area (Å²) in [6.45, 7) is 2.55. The standard InChI is InChI=1S/C25H19FN2O5S/c1-2-11-32-16-8-5-14(6-9-16)22(29)20-21(18-4-3-12-33-18)28(24(31)23(20)30)25-27-17-10-7-15(26)13-19(17)34-25/h3-10,12-13,21,29H,2,11H2,1H3. The number of ketones is 1. The molecule has 4 aromatic rings. The van der Waals surface area contributed by atoms with Gasteiger partial charge in [0.2, 0.25) is 0 Å². The highest BCUT2D eigenvalue weighted by molar-refractivity contribution is 7.22. The Labute approximate surface area is 197 Å². The number of Topliss-reactive ketones (excluding diaryl/α,β-unsaturated/α-hetero) is 1. The summed E-state index contributed by atoms with van der Waals surface area (Å²) in [6.07, 6.45) is 2.27. The molecule has 34 heavy (non-hydrogen) atoms. The van der Waals surface area contributed by atoms with Crippen molar-refractivity contribution >= 4 is 44.1 Å². The molecular weight excluding hydrogens is 459 g/mol. The van der Waals surface area contributed by atoms with E-state index >= 15 is 0 Å². The number of furan rings is 1. The van der Waals surface area contributed by atoms with Gasteiger partial charge in [0.1, 0.15) is 29.1 Å². The lowest BCUT2D eigenvalue weighted by Gasteiger charge is -2.20. The second-order valence-electron chi connectivity index (χ2n) is 7.67. The van der Waals surface area contributed by atoms with Gasteiger partial charge in [-0.3, -0.25) is 14.5 Å². The summed E-state index contributed by atoms with van der Waals surface area (Å²) in [5.74, 6) is -1.58. The molecule has 2 aromatic carbocycles. The normalized spacial score (nSPS) is 17.6. The fourth-order valence-corrected chi connectivity index (χ4v) is 4.84. The summed E-state index contributed by atoms with van der Waals surface area (Å²) in [4.78, 5) is 31.9. The van der Waals surface area contributed by atoms with Crippen molar-refractivity contribution in [3.05, 3.63) is 83.6 Å². The molecule has 7 nitrogen and oxygen atoms in total. The van der Waals surface area contributed by atoms with Crippen molar-refractivity contribution in [1.29, 1.82) is 0 Å². The summed E-state index contributed by atoms with van der Waals surface area (Å²) in [6, 6.07) is 12.9. The molecule has 5 rings (SSSR count). The number of fused-ring (bicyclic) bond motifs is 1. The molecule has 0 bridgehead atoms. The third kappa shape index (κ3) is 3.73. The molecule has 1 unspecified atom stereocenters. The molecule has 1 aliphatic heterocycles. The number of hydrogen-bond donors (Lipinski definition) is 1. The molecule has 1 atom stereocenters. The number of thiazole rings is 1. The van der Waals surface area contributed by atoms with Gasteiger partial charge in [-0.05, 0) is 61.0 Å². The maximum absolute atomic E-state index is 13.7. The maximum Gasteiger partial charge on any atom is 0.302 e. The zero-order valence-electron chi connectivity index (χ0n) is 18.0. The molecule has 172 valence electrons. The smallest absolute Gasteiger partial charge is 0.302 e. The first-order valence-electron chi connectivity index (χ1n) is 10.6. The van der Waals surface area contributed by atoms with E-state index in [9.17, 15) is 19.1 Å². The lowest BCUT2D eigenvalue weighted by Crippen LogP contribution is -2.29. The minimum Gasteiger partial charge on any atom is -0.507 e. The molecule has 3 heterocycles. The molecule has 1 aliphatic rings. The van der Waals surface area contributed by atoms with E-state index in [2.05, 4.69) is 4.98 Å². The lowest BCUT2D eigenvalue weighted by molar-refractivity contribution is -0.132. The molecule has 0 saturated carbocycles. The van der Waals surface area contributed by atoms with Gasteiger partial charge in [-0.25, -0.2) is 9.37 Å². The molecular formula is C25H19FN2O5S. The fourth-order valence-electron chi connectivity index (χ4n) is 3.82. The Morgan fingerprint density at radius 1 is 1.21 bits per heavy atom. The average Bonchev–Trinajstić information content (AvgIpc) is 3.56. The van der Waals surface area contributed by atoms with Gasteiger partial charge in [-0.2, -0.15) is 0 Å². The van der Waals surface area contributed by atoms with Crippen LogP contribution in [0.5, 0.6) is 5.75 Å². The number of nitrogens with zero attached hydrogens (tertiary/aromatic N) is 2. The molecule has 1 N–H and O–H groups in total. The van der Waals surface area contributed by atoms with Crippen molar-refractivity contribution in [2.24, 2.45) is 0 Å². The Morgan fingerprint density at radius 3 is 2.71 bits per heavy atom. The van der Waals surface area contributed by atoms with E-state index in [-0.39, 0.29) is 22.2 Å². The van der Waals surface area contributed by atoms with Crippen LogP contribution in [0.25, 0.3) is 16.0 Å². The van der Waals surface area contributed by atoms with Gasteiger partial charge in [0, 0.05) is 5.56 Å². The van der Waals surface area contributed by atoms with Gasteiger partial charge in [0.25, 0.3) is 5.78 Å². The number of aliphatic hydroxyl groups excluding tert-OH is 1. The van der Waals surface area contributed by atoms with Crippen LogP contribution in [-0.2, 0) is 9.59 Å². The quantitative estimate of drug-likeness (QED) is 0.225. The number of halogens is 1. The monoisotopic (exact) mass is 478 g/mol. The van der Waals surface area contributed by atoms with E-state index in [1.165, 1.54) is 29.4 Å². The van der Waals surface area contributed by atoms with E-state index in [0.29, 0.717) is 28.1 Å². The second-order valence-corrected chi connectivity index (χ2v) is 8.67. The van der Waals surface area contributed by atoms with Gasteiger partial charge in [-0.15, -0.1) is 0 Å². The molecule has 1 fully saturated rings. The number of ether oxygens (including phenoxy) is 1. The van der Waals surface area contributed by atoms with E-state index in [1.807, 2.05) is 6.92 Å². The van der Waals surface area contributed by atoms with Gasteiger partial charge in [0.15, 0.2) is 5.13 Å². The van der Waals surface area contributed by atoms with Crippen LogP contribution in [-0.4, -0.2) is 28.4 Å². The fraction of sp³-hybridized carbons (Fsp3) is 0.160. The molecule has 1 amide bonds. The number of aromatic nitrogens is 1. The van der Waals surface area contributed by atoms with Crippen molar-refractivity contribution < 1.29 is 28.2 Å². The number of benzene rings is 2. The molecule has 9 heteroatoms. The Bertz CT molecular complexity index is 1410. The summed E-state index contributed by atoms with van der Waals surface area (Å²) >= 11 is 1.07. The summed E-state index contributed by atoms with van der Waals surface area (Å²) in [5.41, 5.74) is 0.724. The van der Waals surface area contributed by atoms with Gasteiger partial charge >= 0.3 is 5.91 Å². The van der Waals surface area contributed by atoms with E-state index in [4.69, 9.17) is 9.15 Å². The Morgan fingerprint density at radius 2 is 2.00 bits per heavy atom. The molecule has 0 aliphatic carbocycles. The predicted octanol–water partition coefficient (Wildman–Crippen LogP) is 5.44. The number of carbonyl (C=O) groups excluding carboxylic acids is 2. The van der Waals surface area contributed by atoms with Crippen LogP contribution in [0.15, 0.2) is 70.9 Å². The van der Waals surface area contributed by atoms with Crippen LogP contribution in [0, 0.1) is 5.82 Å². The van der Waals surface area contributed by atoms with Gasteiger partial charge < -0.3 is 14.3 Å². The first-order chi connectivity index (χ1) is 16.5. The summed E-state index contributed by atoms with van der Waals surface area (Å²) in [5, 5.41) is 11.3. The zero-order chi connectivity index (χ0) is 23.8. The van der Waals surface area contributed by atoms with Crippen molar-refractivity contribution in [3.8, 4) is 5.75 Å². The minimum atomic E-state index is -1.03. The van der Waals surface area contributed by atoms with Crippen molar-refractivity contribution in [2.75, 3.05) is 11.5 Å². The second kappa shape index (κ2) is 8.75. The predicted molar refractivity (Wildman–Crippen MR) is 125 cm³/mol. The third-order valence-electron chi connectivity index (χ3n) is 5.40. The third-order valence-corrected chi connectivity index (χ3v) is 6.42. The highest BCUT2D eigenvalue weighted by Gasteiger charge is 2.49. The largest absolute Gasteiger partial charge is 0.507 e. The minimum absolute atomic E-state index is 0.118. The summed E-state index contributed by atoms with van der Waals surface area (Å²) in [7, 11) is 0. The van der Waals surface area contributed by atoms with Gasteiger partial charge in [0.05, 0.1) is 28.7 Å². The van der Waals surface area contributed by atoms with Crippen molar-refractivity contribution in [3.63, 3.8) is 0 Å². The Kier molecular flexibility index (Phi) is 5.62. The number of carbonyl (C=O) groups is 2. The first kappa shape index (κ1) is 21.8. The lowest BCUT2D eigenvalue weighted by atomic mass is 9.99. The number of aliphatic hydroxyl groups is 1. The highest BCUT2D eigenvalue weighted by atomic mass is 32.1. The molecule has 0 radical (unpaired) electrons. The van der Waals surface area contributed by atoms with Gasteiger partial charge in [-0.1, -0.05) is 18.3 Å². The van der Waals surface area contributed by atoms with Crippen LogP contribution < -0.4 is 9.64 Å². The summed E-state index contributed by atoms with van der Waals surface area (Å²) < 4.78 is 25.3. The van der Waals surface area contributed by atoms with Crippen LogP contribution >= 0.6 is 11.3 Å². The highest BCUT2D eigenvalue weighted by Crippen LogP contribution is 2.44. The van der Waals surface area contributed by atoms with Crippen molar-refractivity contribution in [2.45, 2.75) is 19.4 Å². The first-order valence-corrected chi connectivity index (χ1v) is 11.4. The molecule has 0 spiro atoms. The number of anilines is 1.